The van der Waals surface area contributed by atoms with Crippen LogP contribution in [0.5, 0.6) is 0 Å². The van der Waals surface area contributed by atoms with Gasteiger partial charge in [-0.05, 0) is 0 Å². The summed E-state index contributed by atoms with van der Waals surface area (Å²) in [7, 11) is 0. The van der Waals surface area contributed by atoms with Crippen molar-refractivity contribution in [2.24, 2.45) is 5.73 Å². The Bertz CT molecular complexity index is 298. The van der Waals surface area contributed by atoms with Crippen LogP contribution in [0.25, 0.3) is 0 Å². The molecule has 0 amide bonds. The van der Waals surface area contributed by atoms with Gasteiger partial charge >= 0.3 is 5.69 Å². The maximum Gasteiger partial charge on any atom is 0.306 e. The average molecular weight is 186 g/mol. The summed E-state index contributed by atoms with van der Waals surface area (Å²) < 4.78 is 1.29. The van der Waals surface area contributed by atoms with E-state index in [0.717, 1.165) is 6.20 Å². The SMILES string of the molecule is NC[C@H](O)Cn1cc([N+](=O)[O-])cn1. The fourth-order valence-electron chi connectivity index (χ4n) is 0.837. The zero-order valence-corrected chi connectivity index (χ0v) is 6.83. The summed E-state index contributed by atoms with van der Waals surface area (Å²) in [6.45, 7) is 0.276. The van der Waals surface area contributed by atoms with Crippen LogP contribution in [-0.2, 0) is 6.54 Å². The van der Waals surface area contributed by atoms with Crippen molar-refractivity contribution in [3.8, 4) is 0 Å². The first-order chi connectivity index (χ1) is 6.13. The molecule has 0 saturated carbocycles. The third-order valence-corrected chi connectivity index (χ3v) is 1.50. The maximum absolute atomic E-state index is 10.2. The molecular formula is C6H10N4O3. The van der Waals surface area contributed by atoms with E-state index in [9.17, 15) is 10.1 Å². The van der Waals surface area contributed by atoms with E-state index in [0.29, 0.717) is 0 Å². The van der Waals surface area contributed by atoms with Crippen molar-refractivity contribution >= 4 is 5.69 Å². The molecule has 0 aromatic carbocycles. The van der Waals surface area contributed by atoms with Gasteiger partial charge in [0.05, 0.1) is 17.6 Å². The molecule has 0 aliphatic rings. The lowest BCUT2D eigenvalue weighted by molar-refractivity contribution is -0.385. The Kier molecular flexibility index (Phi) is 2.93. The Balaban J connectivity index is 2.64. The van der Waals surface area contributed by atoms with E-state index in [1.165, 1.54) is 10.9 Å². The lowest BCUT2D eigenvalue weighted by Gasteiger charge is -2.05. The Morgan fingerprint density at radius 1 is 1.85 bits per heavy atom. The normalized spacial score (nSPS) is 12.8. The highest BCUT2D eigenvalue weighted by Gasteiger charge is 2.10. The van der Waals surface area contributed by atoms with Gasteiger partial charge in [-0.2, -0.15) is 5.10 Å². The zero-order chi connectivity index (χ0) is 9.84. The van der Waals surface area contributed by atoms with Crippen molar-refractivity contribution in [2.75, 3.05) is 6.54 Å². The molecule has 7 heteroatoms. The van der Waals surface area contributed by atoms with Crippen molar-refractivity contribution in [2.45, 2.75) is 12.6 Å². The van der Waals surface area contributed by atoms with Crippen molar-refractivity contribution in [1.82, 2.24) is 9.78 Å². The van der Waals surface area contributed by atoms with E-state index in [4.69, 9.17) is 10.8 Å². The van der Waals surface area contributed by atoms with Gasteiger partial charge in [0.25, 0.3) is 0 Å². The minimum absolute atomic E-state index is 0.0933. The van der Waals surface area contributed by atoms with Gasteiger partial charge in [0, 0.05) is 6.54 Å². The average Bonchev–Trinajstić information content (AvgIpc) is 2.52. The number of nitro groups is 1. The minimum Gasteiger partial charge on any atom is -0.390 e. The number of hydrogen-bond acceptors (Lipinski definition) is 5. The van der Waals surface area contributed by atoms with Gasteiger partial charge in [-0.25, -0.2) is 0 Å². The second-order valence-corrected chi connectivity index (χ2v) is 2.57. The number of rotatable bonds is 4. The molecular weight excluding hydrogens is 176 g/mol. The molecule has 13 heavy (non-hydrogen) atoms. The first-order valence-corrected chi connectivity index (χ1v) is 3.68. The lowest BCUT2D eigenvalue weighted by Crippen LogP contribution is -2.25. The molecule has 1 heterocycles. The number of nitrogens with zero attached hydrogens (tertiary/aromatic N) is 3. The summed E-state index contributed by atoms with van der Waals surface area (Å²) in [5.41, 5.74) is 5.07. The molecule has 0 aliphatic carbocycles. The van der Waals surface area contributed by atoms with E-state index >= 15 is 0 Å². The van der Waals surface area contributed by atoms with Crippen LogP contribution in [0.3, 0.4) is 0 Å². The molecule has 0 bridgehead atoms. The molecule has 3 N–H and O–H groups in total. The Morgan fingerprint density at radius 3 is 3.00 bits per heavy atom. The lowest BCUT2D eigenvalue weighted by atomic mass is 10.4. The van der Waals surface area contributed by atoms with Crippen molar-refractivity contribution in [3.05, 3.63) is 22.5 Å². The highest BCUT2D eigenvalue weighted by molar-refractivity contribution is 5.20. The van der Waals surface area contributed by atoms with E-state index in [2.05, 4.69) is 5.10 Å². The van der Waals surface area contributed by atoms with Gasteiger partial charge in [0.2, 0.25) is 0 Å². The van der Waals surface area contributed by atoms with Crippen LogP contribution in [0, 0.1) is 10.1 Å². The topological polar surface area (TPSA) is 107 Å². The summed E-state index contributed by atoms with van der Waals surface area (Å²) in [4.78, 5) is 9.69. The fraction of sp³-hybridized carbons (Fsp3) is 0.500. The van der Waals surface area contributed by atoms with E-state index in [1.54, 1.807) is 0 Å². The number of aliphatic hydroxyl groups excluding tert-OH is 1. The van der Waals surface area contributed by atoms with E-state index in [1.807, 2.05) is 0 Å². The van der Waals surface area contributed by atoms with Crippen LogP contribution in [0.4, 0.5) is 5.69 Å². The van der Waals surface area contributed by atoms with Gasteiger partial charge in [-0.15, -0.1) is 0 Å². The summed E-state index contributed by atoms with van der Waals surface area (Å²) >= 11 is 0. The zero-order valence-electron chi connectivity index (χ0n) is 6.83. The number of nitrogens with two attached hydrogens (primary N) is 1. The van der Waals surface area contributed by atoms with Gasteiger partial charge in [-0.1, -0.05) is 0 Å². The van der Waals surface area contributed by atoms with Crippen molar-refractivity contribution in [1.29, 1.82) is 0 Å². The quantitative estimate of drug-likeness (QED) is 0.468. The number of hydrogen-bond donors (Lipinski definition) is 2. The van der Waals surface area contributed by atoms with Gasteiger partial charge in [0.15, 0.2) is 0 Å². The Morgan fingerprint density at radius 2 is 2.54 bits per heavy atom. The first-order valence-electron chi connectivity index (χ1n) is 3.68. The molecule has 1 rings (SSSR count). The molecule has 0 radical (unpaired) electrons. The molecule has 1 atom stereocenters. The summed E-state index contributed by atoms with van der Waals surface area (Å²) in [5, 5.41) is 23.0. The second kappa shape index (κ2) is 3.97. The molecule has 0 fully saturated rings. The molecule has 0 aliphatic heterocycles. The summed E-state index contributed by atoms with van der Waals surface area (Å²) in [6.07, 6.45) is 1.65. The van der Waals surface area contributed by atoms with Crippen LogP contribution in [0.15, 0.2) is 12.4 Å². The van der Waals surface area contributed by atoms with Crippen molar-refractivity contribution < 1.29 is 10.0 Å². The van der Waals surface area contributed by atoms with E-state index < -0.39 is 11.0 Å². The van der Waals surface area contributed by atoms with Crippen LogP contribution in [0.2, 0.25) is 0 Å². The fourth-order valence-corrected chi connectivity index (χ4v) is 0.837. The molecule has 0 unspecified atom stereocenters. The predicted molar refractivity (Wildman–Crippen MR) is 43.9 cm³/mol. The molecule has 0 saturated heterocycles. The first kappa shape index (κ1) is 9.62. The highest BCUT2D eigenvalue weighted by atomic mass is 16.6. The molecule has 7 nitrogen and oxygen atoms in total. The monoisotopic (exact) mass is 186 g/mol. The van der Waals surface area contributed by atoms with Crippen LogP contribution in [0.1, 0.15) is 0 Å². The highest BCUT2D eigenvalue weighted by Crippen LogP contribution is 2.07. The van der Waals surface area contributed by atoms with Gasteiger partial charge < -0.3 is 10.8 Å². The predicted octanol–water partition coefficient (Wildman–Crippen LogP) is -0.889. The maximum atomic E-state index is 10.2. The van der Waals surface area contributed by atoms with Crippen LogP contribution < -0.4 is 5.73 Å². The van der Waals surface area contributed by atoms with E-state index in [-0.39, 0.29) is 18.8 Å². The molecule has 0 spiro atoms. The number of aromatic nitrogens is 2. The minimum atomic E-state index is -0.723. The third-order valence-electron chi connectivity index (χ3n) is 1.50. The standard InChI is InChI=1S/C6H10N4O3/c7-1-6(11)4-9-3-5(2-8-9)10(12)13/h2-3,6,11H,1,4,7H2/t6-/m0/s1. The molecule has 1 aromatic rings. The molecule has 1 aromatic heterocycles. The number of aliphatic hydroxyl groups is 1. The summed E-state index contributed by atoms with van der Waals surface area (Å²) in [5.74, 6) is 0. The summed E-state index contributed by atoms with van der Waals surface area (Å²) in [6, 6.07) is 0. The van der Waals surface area contributed by atoms with Gasteiger partial charge in [-0.3, -0.25) is 14.8 Å². The third kappa shape index (κ3) is 2.49. The Labute approximate surface area is 73.9 Å². The smallest absolute Gasteiger partial charge is 0.306 e. The Hall–Kier alpha value is -1.47. The van der Waals surface area contributed by atoms with Gasteiger partial charge in [0.1, 0.15) is 12.4 Å². The largest absolute Gasteiger partial charge is 0.390 e. The second-order valence-electron chi connectivity index (χ2n) is 2.57. The molecule has 72 valence electrons. The van der Waals surface area contributed by atoms with Crippen LogP contribution >= 0.6 is 0 Å². The van der Waals surface area contributed by atoms with Crippen LogP contribution in [-0.4, -0.2) is 32.5 Å². The van der Waals surface area contributed by atoms with Crippen molar-refractivity contribution in [3.63, 3.8) is 0 Å².